The van der Waals surface area contributed by atoms with Crippen LogP contribution in [-0.2, 0) is 13.0 Å². The van der Waals surface area contributed by atoms with Crippen LogP contribution in [0.25, 0.3) is 0 Å². The van der Waals surface area contributed by atoms with Crippen molar-refractivity contribution < 1.29 is 71.5 Å². The van der Waals surface area contributed by atoms with Crippen molar-refractivity contribution in [3.63, 3.8) is 0 Å². The molecule has 0 aromatic heterocycles. The van der Waals surface area contributed by atoms with Gasteiger partial charge in [0.15, 0.2) is 0 Å². The van der Waals surface area contributed by atoms with Crippen molar-refractivity contribution in [2.45, 2.75) is 26.8 Å². The molecule has 166 valence electrons. The molecule has 0 amide bonds. The van der Waals surface area contributed by atoms with Gasteiger partial charge >= 0.3 is 57.4 Å². The summed E-state index contributed by atoms with van der Waals surface area (Å²) in [5.41, 5.74) is 8.38. The molecule has 0 aliphatic carbocycles. The Morgan fingerprint density at radius 2 is 1.31 bits per heavy atom. The maximum Gasteiger partial charge on any atom is 1.00 e. The molecule has 3 aromatic rings. The molecule has 5 nitrogen and oxygen atoms in total. The van der Waals surface area contributed by atoms with E-state index in [2.05, 4.69) is 12.8 Å². The minimum atomic E-state index is -0.987. The van der Waals surface area contributed by atoms with Crippen molar-refractivity contribution in [1.82, 2.24) is 0 Å². The van der Waals surface area contributed by atoms with Gasteiger partial charge in [0.2, 0.25) is 0 Å². The quantitative estimate of drug-likeness (QED) is 0.398. The zero-order valence-corrected chi connectivity index (χ0v) is 22.5. The largest absolute Gasteiger partial charge is 1.00 e. The van der Waals surface area contributed by atoms with Crippen molar-refractivity contribution in [1.29, 1.82) is 0 Å². The number of nitrogens with two attached hydrogens (primary N) is 1. The average Bonchev–Trinajstić information content (AvgIpc) is 2.86. The summed E-state index contributed by atoms with van der Waals surface area (Å²) in [5.74, 6) is -0.863. The smallest absolute Gasteiger partial charge is 0.857 e. The minimum Gasteiger partial charge on any atom is -0.857 e. The number of carboxylic acid groups (broad SMARTS) is 1. The van der Waals surface area contributed by atoms with Crippen LogP contribution < -0.4 is 62.2 Å². The number of terminal acetylenes is 1. The third kappa shape index (κ3) is 14.9. The molecule has 3 rings (SSSR count). The molecule has 6 heteroatoms. The summed E-state index contributed by atoms with van der Waals surface area (Å²) in [6, 6.07) is 23.9. The number of carboxylic acids is 1. The van der Waals surface area contributed by atoms with Crippen LogP contribution in [0.1, 0.15) is 40.9 Å². The SMILES string of the molecule is C#C.CC.C[O-].NCc1ccccc1.O=C(O)c1ccc(O)c(Cc2ccccc2)c1.[K+]. The van der Waals surface area contributed by atoms with Crippen LogP contribution in [-0.4, -0.2) is 23.3 Å². The second-order valence-electron chi connectivity index (χ2n) is 5.50. The Hall–Kier alpha value is -1.95. The summed E-state index contributed by atoms with van der Waals surface area (Å²) in [6.45, 7) is 4.64. The molecular weight excluding hydrogens is 429 g/mol. The molecule has 0 aliphatic heterocycles. The van der Waals surface area contributed by atoms with Gasteiger partial charge in [0, 0.05) is 13.0 Å². The van der Waals surface area contributed by atoms with Crippen LogP contribution in [0.5, 0.6) is 5.75 Å². The van der Waals surface area contributed by atoms with E-state index < -0.39 is 5.97 Å². The van der Waals surface area contributed by atoms with Crippen LogP contribution >= 0.6 is 0 Å². The molecule has 32 heavy (non-hydrogen) atoms. The third-order valence-electron chi connectivity index (χ3n) is 3.64. The van der Waals surface area contributed by atoms with Gasteiger partial charge in [0.1, 0.15) is 5.75 Å². The number of aromatic hydroxyl groups is 1. The first-order valence-electron chi connectivity index (χ1n) is 9.67. The molecule has 3 aromatic carbocycles. The second-order valence-corrected chi connectivity index (χ2v) is 5.50. The molecule has 0 radical (unpaired) electrons. The van der Waals surface area contributed by atoms with Crippen molar-refractivity contribution in [3.05, 3.63) is 101 Å². The Balaban J connectivity index is -0.000000474. The third-order valence-corrected chi connectivity index (χ3v) is 3.64. The van der Waals surface area contributed by atoms with E-state index in [4.69, 9.17) is 15.9 Å². The topological polar surface area (TPSA) is 107 Å². The van der Waals surface area contributed by atoms with Gasteiger partial charge in [-0.25, -0.2) is 4.79 Å². The van der Waals surface area contributed by atoms with E-state index in [9.17, 15) is 9.90 Å². The van der Waals surface area contributed by atoms with Crippen LogP contribution in [0.3, 0.4) is 0 Å². The minimum absolute atomic E-state index is 0. The standard InChI is InChI=1S/C14H12O3.C7H9N.C2H6.C2H2.CH3O.K/c15-13-7-6-11(14(16)17)9-12(13)8-10-4-2-1-3-5-10;8-6-7-4-2-1-3-5-7;3*1-2;/h1-7,9,15H,8H2,(H,16,17);1-5H,6,8H2;1-2H3;1-2H;1H3;/q;;;;-1;+1. The normalized spacial score (nSPS) is 8.09. The summed E-state index contributed by atoms with van der Waals surface area (Å²) in [5, 5.41) is 26.8. The van der Waals surface area contributed by atoms with Crippen molar-refractivity contribution in [2.24, 2.45) is 5.73 Å². The molecule has 0 spiro atoms. The van der Waals surface area contributed by atoms with Gasteiger partial charge in [-0.15, -0.1) is 12.8 Å². The predicted octanol–water partition coefficient (Wildman–Crippen LogP) is 1.08. The molecule has 0 saturated heterocycles. The Labute approximate surface area is 234 Å². The van der Waals surface area contributed by atoms with Crippen molar-refractivity contribution in [2.75, 3.05) is 7.11 Å². The van der Waals surface area contributed by atoms with Crippen molar-refractivity contribution in [3.8, 4) is 18.6 Å². The number of benzene rings is 3. The average molecular weight is 462 g/mol. The Kier molecular flexibility index (Phi) is 25.7. The van der Waals surface area contributed by atoms with E-state index in [0.717, 1.165) is 12.7 Å². The predicted molar refractivity (Wildman–Crippen MR) is 126 cm³/mol. The number of rotatable bonds is 4. The molecule has 0 bridgehead atoms. The maximum atomic E-state index is 10.8. The summed E-state index contributed by atoms with van der Waals surface area (Å²) >= 11 is 0. The van der Waals surface area contributed by atoms with Crippen LogP contribution in [0, 0.1) is 12.8 Å². The fourth-order valence-electron chi connectivity index (χ4n) is 2.29. The number of phenols is 1. The van der Waals surface area contributed by atoms with E-state index in [1.165, 1.54) is 23.8 Å². The Bertz CT molecular complexity index is 853. The number of phenolic OH excluding ortho intramolecular Hbond substituents is 1. The number of aromatic carboxylic acids is 1. The van der Waals surface area contributed by atoms with Crippen LogP contribution in [0.2, 0.25) is 0 Å². The molecule has 4 N–H and O–H groups in total. The summed E-state index contributed by atoms with van der Waals surface area (Å²) < 4.78 is 0. The zero-order valence-electron chi connectivity index (χ0n) is 19.4. The van der Waals surface area contributed by atoms with Gasteiger partial charge in [-0.3, -0.25) is 0 Å². The fraction of sp³-hybridized carbons (Fsp3) is 0.192. The first-order valence-corrected chi connectivity index (χ1v) is 9.67. The van der Waals surface area contributed by atoms with Crippen LogP contribution in [0.4, 0.5) is 0 Å². The van der Waals surface area contributed by atoms with E-state index in [0.29, 0.717) is 18.5 Å². The van der Waals surface area contributed by atoms with E-state index in [1.54, 1.807) is 0 Å². The molecule has 0 heterocycles. The molecule has 0 aliphatic rings. The fourth-order valence-corrected chi connectivity index (χ4v) is 2.29. The summed E-state index contributed by atoms with van der Waals surface area (Å²) in [6.07, 6.45) is 8.52. The molecular formula is C26H32KNO4. The van der Waals surface area contributed by atoms with Crippen molar-refractivity contribution >= 4 is 5.97 Å². The maximum absolute atomic E-state index is 10.8. The van der Waals surface area contributed by atoms with Gasteiger partial charge in [-0.2, -0.15) is 7.11 Å². The van der Waals surface area contributed by atoms with E-state index in [-0.39, 0.29) is 62.7 Å². The van der Waals surface area contributed by atoms with Gasteiger partial charge in [0.05, 0.1) is 5.56 Å². The number of carbonyl (C=O) groups is 1. The molecule has 0 saturated carbocycles. The first-order chi connectivity index (χ1) is 15.1. The van der Waals surface area contributed by atoms with E-state index >= 15 is 0 Å². The Morgan fingerprint density at radius 3 is 1.69 bits per heavy atom. The van der Waals surface area contributed by atoms with Gasteiger partial charge in [-0.05, 0) is 34.9 Å². The number of hydrogen-bond donors (Lipinski definition) is 3. The van der Waals surface area contributed by atoms with Gasteiger partial charge in [-0.1, -0.05) is 74.5 Å². The molecule has 0 unspecified atom stereocenters. The number of hydrogen-bond acceptors (Lipinski definition) is 4. The van der Waals surface area contributed by atoms with Crippen LogP contribution in [0.15, 0.2) is 78.9 Å². The zero-order chi connectivity index (χ0) is 24.1. The molecule has 0 fully saturated rings. The monoisotopic (exact) mass is 461 g/mol. The summed E-state index contributed by atoms with van der Waals surface area (Å²) in [4.78, 5) is 10.8. The second kappa shape index (κ2) is 23.7. The van der Waals surface area contributed by atoms with E-state index in [1.807, 2.05) is 74.5 Å². The summed E-state index contributed by atoms with van der Waals surface area (Å²) in [7, 11) is 0.750. The van der Waals surface area contributed by atoms with Gasteiger partial charge in [0.25, 0.3) is 0 Å². The Morgan fingerprint density at radius 1 is 0.875 bits per heavy atom. The van der Waals surface area contributed by atoms with Gasteiger partial charge < -0.3 is 21.1 Å². The molecule has 0 atom stereocenters. The first kappa shape index (κ1) is 34.7.